The van der Waals surface area contributed by atoms with E-state index >= 15 is 0 Å². The molecule has 0 aromatic heterocycles. The first-order chi connectivity index (χ1) is 3.27. The van der Waals surface area contributed by atoms with Crippen molar-refractivity contribution in [2.75, 3.05) is 6.61 Å². The number of ether oxygens (including phenoxy) is 1. The van der Waals surface area contributed by atoms with Crippen molar-refractivity contribution in [1.82, 2.24) is 0 Å². The van der Waals surface area contributed by atoms with E-state index in [1.807, 2.05) is 6.92 Å². The third-order valence-corrected chi connectivity index (χ3v) is 0.430. The zero-order valence-corrected chi connectivity index (χ0v) is 7.09. The van der Waals surface area contributed by atoms with Crippen LogP contribution in [0, 0.1) is 0 Å². The van der Waals surface area contributed by atoms with Crippen LogP contribution in [0.25, 0.3) is 0 Å². The van der Waals surface area contributed by atoms with Crippen LogP contribution in [0.2, 0.25) is 0 Å². The number of hydrogen-bond donors (Lipinski definition) is 1. The van der Waals surface area contributed by atoms with Gasteiger partial charge in [0.25, 0.3) is 0 Å². The van der Waals surface area contributed by atoms with Gasteiger partial charge in [-0.1, -0.05) is 6.92 Å². The Morgan fingerprint density at radius 1 is 1.88 bits per heavy atom. The molecule has 8 heavy (non-hydrogen) atoms. The second-order valence-electron chi connectivity index (χ2n) is 1.11. The van der Waals surface area contributed by atoms with Gasteiger partial charge in [0, 0.05) is 0 Å². The molecule has 3 nitrogen and oxygen atoms in total. The minimum absolute atomic E-state index is 0. The first kappa shape index (κ1) is 11.3. The molecule has 1 N–H and O–H groups in total. The van der Waals surface area contributed by atoms with Crippen molar-refractivity contribution in [3.63, 3.8) is 0 Å². The Labute approximate surface area is 81.0 Å². The van der Waals surface area contributed by atoms with E-state index in [9.17, 15) is 4.79 Å². The van der Waals surface area contributed by atoms with Crippen LogP contribution in [0.5, 0.6) is 0 Å². The molecule has 0 aliphatic carbocycles. The molecule has 4 heteroatoms. The minimum Gasteiger partial charge on any atom is -1.00 e. The molecule has 46 valence electrons. The van der Waals surface area contributed by atoms with Gasteiger partial charge in [-0.25, -0.2) is 4.79 Å². The van der Waals surface area contributed by atoms with Crippen molar-refractivity contribution in [2.24, 2.45) is 0 Å². The summed E-state index contributed by atoms with van der Waals surface area (Å²) in [4.78, 5) is 9.54. The Kier molecular flexibility index (Phi) is 10.7. The Hall–Kier alpha value is 0.530. The van der Waals surface area contributed by atoms with Crippen molar-refractivity contribution in [2.45, 2.75) is 13.3 Å². The summed E-state index contributed by atoms with van der Waals surface area (Å²) in [6.07, 6.45) is -0.450. The summed E-state index contributed by atoms with van der Waals surface area (Å²) in [6.45, 7) is 2.15. The van der Waals surface area contributed by atoms with E-state index < -0.39 is 6.16 Å². The molecule has 0 radical (unpaired) electrons. The van der Waals surface area contributed by atoms with Gasteiger partial charge in [0.05, 0.1) is 6.61 Å². The molecular weight excluding hydrogens is 136 g/mol. The minimum atomic E-state index is -1.19. The van der Waals surface area contributed by atoms with Crippen molar-refractivity contribution >= 4 is 43.9 Å². The Bertz CT molecular complexity index is 71.5. The first-order valence-electron chi connectivity index (χ1n) is 2.13. The summed E-state index contributed by atoms with van der Waals surface area (Å²) in [5.74, 6) is 0. The normalized spacial score (nSPS) is 7.12. The quantitative estimate of drug-likeness (QED) is 0.465. The molecule has 0 aromatic rings. The molecule has 0 fully saturated rings. The molecule has 0 heterocycles. The van der Waals surface area contributed by atoms with Gasteiger partial charge < -0.3 is 12.7 Å². The van der Waals surface area contributed by atoms with Crippen LogP contribution in [0.4, 0.5) is 4.79 Å². The van der Waals surface area contributed by atoms with Gasteiger partial charge in [-0.2, -0.15) is 0 Å². The standard InChI is InChI=1S/C4H8O3.Ca.2H/c1-2-3-7-4(5)6;;;/h2-3H2,1H3,(H,5,6);;;/q;+2;2*-1. The smallest absolute Gasteiger partial charge is 1.00 e. The molecule has 0 atom stereocenters. The Balaban J connectivity index is -0.0000000600. The summed E-state index contributed by atoms with van der Waals surface area (Å²) >= 11 is 0. The molecule has 0 rings (SSSR count). The topological polar surface area (TPSA) is 46.5 Å². The SMILES string of the molecule is CCCOC(=O)O.[Ca+2].[H-].[H-]. The number of carbonyl (C=O) groups is 1. The van der Waals surface area contributed by atoms with Crippen LogP contribution in [-0.2, 0) is 4.74 Å². The molecule has 0 unspecified atom stereocenters. The molecule has 0 bridgehead atoms. The first-order valence-corrected chi connectivity index (χ1v) is 2.13. The van der Waals surface area contributed by atoms with E-state index in [1.54, 1.807) is 0 Å². The van der Waals surface area contributed by atoms with Gasteiger partial charge in [-0.05, 0) is 6.42 Å². The van der Waals surface area contributed by atoms with Crippen molar-refractivity contribution in [3.8, 4) is 0 Å². The average Bonchev–Trinajstić information content (AvgIpc) is 1.61. The molecule has 0 aliphatic heterocycles. The molecular formula is C4H10CaO3. The monoisotopic (exact) mass is 146 g/mol. The fourth-order valence-corrected chi connectivity index (χ4v) is 0.189. The third kappa shape index (κ3) is 9.73. The van der Waals surface area contributed by atoms with Gasteiger partial charge in [0.2, 0.25) is 0 Å². The van der Waals surface area contributed by atoms with Crippen molar-refractivity contribution in [3.05, 3.63) is 0 Å². The summed E-state index contributed by atoms with van der Waals surface area (Å²) in [5, 5.41) is 7.82. The average molecular weight is 146 g/mol. The zero-order chi connectivity index (χ0) is 5.70. The van der Waals surface area contributed by atoms with Crippen LogP contribution in [0.3, 0.4) is 0 Å². The fraction of sp³-hybridized carbons (Fsp3) is 0.750. The van der Waals surface area contributed by atoms with Gasteiger partial charge >= 0.3 is 43.9 Å². The molecule has 0 saturated carbocycles. The molecule has 0 spiro atoms. The van der Waals surface area contributed by atoms with Gasteiger partial charge in [0.1, 0.15) is 0 Å². The maximum Gasteiger partial charge on any atom is 2.00 e. The summed E-state index contributed by atoms with van der Waals surface area (Å²) in [5.41, 5.74) is 0. The maximum atomic E-state index is 9.54. The van der Waals surface area contributed by atoms with Gasteiger partial charge in [0.15, 0.2) is 0 Å². The van der Waals surface area contributed by atoms with Crippen LogP contribution >= 0.6 is 0 Å². The van der Waals surface area contributed by atoms with Crippen molar-refractivity contribution in [1.29, 1.82) is 0 Å². The second-order valence-corrected chi connectivity index (χ2v) is 1.11. The number of hydrogen-bond acceptors (Lipinski definition) is 2. The predicted octanol–water partition coefficient (Wildman–Crippen LogP) is 0.935. The predicted molar refractivity (Wildman–Crippen MR) is 32.2 cm³/mol. The van der Waals surface area contributed by atoms with E-state index in [0.717, 1.165) is 6.42 Å². The Morgan fingerprint density at radius 2 is 2.38 bits per heavy atom. The summed E-state index contributed by atoms with van der Waals surface area (Å²) in [7, 11) is 0. The van der Waals surface area contributed by atoms with Crippen LogP contribution in [0.15, 0.2) is 0 Å². The van der Waals surface area contributed by atoms with E-state index in [2.05, 4.69) is 4.74 Å². The number of rotatable bonds is 2. The molecule has 0 amide bonds. The fourth-order valence-electron chi connectivity index (χ4n) is 0.189. The largest absolute Gasteiger partial charge is 2.00 e. The number of carboxylic acid groups (broad SMARTS) is 1. The van der Waals surface area contributed by atoms with E-state index in [0.29, 0.717) is 6.61 Å². The van der Waals surface area contributed by atoms with Gasteiger partial charge in [-0.15, -0.1) is 0 Å². The van der Waals surface area contributed by atoms with Crippen LogP contribution in [0.1, 0.15) is 16.2 Å². The van der Waals surface area contributed by atoms with Gasteiger partial charge in [-0.3, -0.25) is 0 Å². The zero-order valence-electron chi connectivity index (χ0n) is 6.89. The maximum absolute atomic E-state index is 9.54. The summed E-state index contributed by atoms with van der Waals surface area (Å²) in [6, 6.07) is 0. The van der Waals surface area contributed by atoms with Crippen LogP contribution in [-0.4, -0.2) is 55.6 Å². The van der Waals surface area contributed by atoms with Crippen LogP contribution < -0.4 is 0 Å². The van der Waals surface area contributed by atoms with E-state index in [1.165, 1.54) is 0 Å². The Morgan fingerprint density at radius 3 is 2.50 bits per heavy atom. The van der Waals surface area contributed by atoms with Crippen molar-refractivity contribution < 1.29 is 17.5 Å². The van der Waals surface area contributed by atoms with E-state index in [4.69, 9.17) is 5.11 Å². The van der Waals surface area contributed by atoms with E-state index in [-0.39, 0.29) is 40.6 Å². The molecule has 0 aromatic carbocycles. The summed E-state index contributed by atoms with van der Waals surface area (Å²) < 4.78 is 4.11. The molecule has 0 saturated heterocycles. The third-order valence-electron chi connectivity index (χ3n) is 0.430. The second kappa shape index (κ2) is 7.53. The molecule has 0 aliphatic rings.